The summed E-state index contributed by atoms with van der Waals surface area (Å²) in [4.78, 5) is 36.3. The number of non-ortho nitro benzene ring substituents is 1. The monoisotopic (exact) mass is 362 g/mol. The number of Topliss-reactive ketones (excluding diaryl/α,β-unsaturated/α-hetero) is 1. The molecule has 7 nitrogen and oxygen atoms in total. The van der Waals surface area contributed by atoms with E-state index < -0.39 is 23.3 Å². The third kappa shape index (κ3) is 4.54. The number of halogens is 1. The lowest BCUT2D eigenvalue weighted by atomic mass is 10.1. The van der Waals surface area contributed by atoms with Crippen LogP contribution in [0.15, 0.2) is 42.5 Å². The first-order valence-electron chi connectivity index (χ1n) is 7.21. The second-order valence-corrected chi connectivity index (χ2v) is 5.80. The van der Waals surface area contributed by atoms with E-state index in [-0.39, 0.29) is 11.3 Å². The summed E-state index contributed by atoms with van der Waals surface area (Å²) in [6.07, 6.45) is 0. The fraction of sp³-hybridized carbons (Fsp3) is 0.176. The Bertz CT molecular complexity index is 818. The highest BCUT2D eigenvalue weighted by Gasteiger charge is 2.20. The van der Waals surface area contributed by atoms with Gasteiger partial charge in [0.05, 0.1) is 16.2 Å². The van der Waals surface area contributed by atoms with Crippen molar-refractivity contribution in [2.24, 2.45) is 0 Å². The maximum atomic E-state index is 12.3. The van der Waals surface area contributed by atoms with Gasteiger partial charge in [-0.25, -0.2) is 4.79 Å². The van der Waals surface area contributed by atoms with E-state index in [9.17, 15) is 19.7 Å². The minimum absolute atomic E-state index is 0.0168. The van der Waals surface area contributed by atoms with Crippen molar-refractivity contribution in [3.8, 4) is 0 Å². The molecule has 25 heavy (non-hydrogen) atoms. The number of benzene rings is 2. The van der Waals surface area contributed by atoms with Gasteiger partial charge in [0, 0.05) is 36.8 Å². The standard InChI is InChI=1S/C17H15ClN2O5/c1-19(2)15-8-7-13(20(23)24)9-14(15)17(22)25-10-16(21)11-3-5-12(18)6-4-11/h3-9H,10H2,1-2H3. The van der Waals surface area contributed by atoms with Crippen LogP contribution >= 0.6 is 11.6 Å². The van der Waals surface area contributed by atoms with E-state index >= 15 is 0 Å². The first-order valence-corrected chi connectivity index (χ1v) is 7.59. The molecule has 0 atom stereocenters. The molecule has 0 spiro atoms. The Balaban J connectivity index is 2.16. The third-order valence-electron chi connectivity index (χ3n) is 3.39. The van der Waals surface area contributed by atoms with E-state index in [2.05, 4.69) is 0 Å². The molecule has 2 aromatic rings. The third-order valence-corrected chi connectivity index (χ3v) is 3.65. The van der Waals surface area contributed by atoms with Crippen molar-refractivity contribution in [2.45, 2.75) is 0 Å². The number of anilines is 1. The molecule has 130 valence electrons. The van der Waals surface area contributed by atoms with Gasteiger partial charge in [0.1, 0.15) is 0 Å². The number of hydrogen-bond acceptors (Lipinski definition) is 6. The Morgan fingerprint density at radius 1 is 1.16 bits per heavy atom. The van der Waals surface area contributed by atoms with Gasteiger partial charge in [-0.15, -0.1) is 0 Å². The minimum atomic E-state index is -0.810. The maximum absolute atomic E-state index is 12.3. The highest BCUT2D eigenvalue weighted by Crippen LogP contribution is 2.25. The Kier molecular flexibility index (Phi) is 5.71. The molecule has 0 bridgehead atoms. The number of nitrogens with zero attached hydrogens (tertiary/aromatic N) is 2. The maximum Gasteiger partial charge on any atom is 0.340 e. The molecule has 0 unspecified atom stereocenters. The molecule has 0 fully saturated rings. The van der Waals surface area contributed by atoms with Crippen LogP contribution in [0.1, 0.15) is 20.7 Å². The lowest BCUT2D eigenvalue weighted by Gasteiger charge is -2.16. The van der Waals surface area contributed by atoms with Crippen molar-refractivity contribution in [3.63, 3.8) is 0 Å². The fourth-order valence-corrected chi connectivity index (χ4v) is 2.25. The summed E-state index contributed by atoms with van der Waals surface area (Å²) < 4.78 is 5.03. The summed E-state index contributed by atoms with van der Waals surface area (Å²) in [5, 5.41) is 11.4. The largest absolute Gasteiger partial charge is 0.454 e. The average Bonchev–Trinajstić information content (AvgIpc) is 2.59. The van der Waals surface area contributed by atoms with Crippen LogP contribution in [-0.2, 0) is 4.74 Å². The van der Waals surface area contributed by atoms with E-state index in [1.165, 1.54) is 24.3 Å². The summed E-state index contributed by atoms with van der Waals surface area (Å²) in [7, 11) is 3.38. The number of nitro groups is 1. The molecule has 0 saturated carbocycles. The van der Waals surface area contributed by atoms with Gasteiger partial charge in [-0.1, -0.05) is 11.6 Å². The normalized spacial score (nSPS) is 10.2. The first kappa shape index (κ1) is 18.4. The Labute approximate surface area is 148 Å². The van der Waals surface area contributed by atoms with Crippen LogP contribution in [0.5, 0.6) is 0 Å². The lowest BCUT2D eigenvalue weighted by Crippen LogP contribution is -2.18. The number of rotatable bonds is 6. The zero-order chi connectivity index (χ0) is 18.6. The first-order chi connectivity index (χ1) is 11.8. The van der Waals surface area contributed by atoms with E-state index in [1.807, 2.05) is 0 Å². The SMILES string of the molecule is CN(C)c1ccc([N+](=O)[O-])cc1C(=O)OCC(=O)c1ccc(Cl)cc1. The van der Waals surface area contributed by atoms with E-state index in [1.54, 1.807) is 31.1 Å². The van der Waals surface area contributed by atoms with Crippen molar-refractivity contribution in [3.05, 3.63) is 68.7 Å². The van der Waals surface area contributed by atoms with Gasteiger partial charge in [0.25, 0.3) is 5.69 Å². The van der Waals surface area contributed by atoms with Crippen molar-refractivity contribution < 1.29 is 19.2 Å². The number of ether oxygens (including phenoxy) is 1. The Morgan fingerprint density at radius 3 is 2.36 bits per heavy atom. The molecule has 0 amide bonds. The molecule has 0 heterocycles. The van der Waals surface area contributed by atoms with Crippen LogP contribution in [0.2, 0.25) is 5.02 Å². The summed E-state index contributed by atoms with van der Waals surface area (Å²) in [6, 6.07) is 10.0. The van der Waals surface area contributed by atoms with Crippen molar-refractivity contribution >= 4 is 34.7 Å². The molecule has 0 aliphatic rings. The molecule has 0 aliphatic heterocycles. The van der Waals surface area contributed by atoms with Crippen molar-refractivity contribution in [1.29, 1.82) is 0 Å². The van der Waals surface area contributed by atoms with Crippen LogP contribution in [0.3, 0.4) is 0 Å². The van der Waals surface area contributed by atoms with Crippen LogP contribution in [0.25, 0.3) is 0 Å². The quantitative estimate of drug-likeness (QED) is 0.339. The van der Waals surface area contributed by atoms with E-state index in [0.717, 1.165) is 6.07 Å². The zero-order valence-electron chi connectivity index (χ0n) is 13.6. The highest BCUT2D eigenvalue weighted by atomic mass is 35.5. The van der Waals surface area contributed by atoms with Crippen LogP contribution in [0, 0.1) is 10.1 Å². The number of hydrogen-bond donors (Lipinski definition) is 0. The predicted molar refractivity (Wildman–Crippen MR) is 93.5 cm³/mol. The number of nitro benzene ring substituents is 1. The van der Waals surface area contributed by atoms with E-state index in [0.29, 0.717) is 16.3 Å². The number of esters is 1. The van der Waals surface area contributed by atoms with Crippen molar-refractivity contribution in [2.75, 3.05) is 25.6 Å². The van der Waals surface area contributed by atoms with Gasteiger partial charge in [-0.05, 0) is 30.3 Å². The highest BCUT2D eigenvalue weighted by molar-refractivity contribution is 6.30. The Hall–Kier alpha value is -2.93. The van der Waals surface area contributed by atoms with Gasteiger partial charge in [-0.2, -0.15) is 0 Å². The van der Waals surface area contributed by atoms with Crippen LogP contribution in [-0.4, -0.2) is 37.4 Å². The average molecular weight is 363 g/mol. The van der Waals surface area contributed by atoms with E-state index in [4.69, 9.17) is 16.3 Å². The van der Waals surface area contributed by atoms with Gasteiger partial charge >= 0.3 is 5.97 Å². The smallest absolute Gasteiger partial charge is 0.340 e. The molecule has 0 aromatic heterocycles. The number of carbonyl (C=O) groups is 2. The molecule has 2 rings (SSSR count). The lowest BCUT2D eigenvalue weighted by molar-refractivity contribution is -0.384. The molecule has 8 heteroatoms. The molecule has 0 saturated heterocycles. The van der Waals surface area contributed by atoms with Gasteiger partial charge in [-0.3, -0.25) is 14.9 Å². The summed E-state index contributed by atoms with van der Waals surface area (Å²) >= 11 is 5.75. The molecular formula is C17H15ClN2O5. The number of ketones is 1. The minimum Gasteiger partial charge on any atom is -0.454 e. The zero-order valence-corrected chi connectivity index (χ0v) is 14.3. The topological polar surface area (TPSA) is 89.8 Å². The van der Waals surface area contributed by atoms with Gasteiger partial charge in [0.15, 0.2) is 12.4 Å². The predicted octanol–water partition coefficient (Wildman–Crippen LogP) is 3.35. The second kappa shape index (κ2) is 7.76. The summed E-state index contributed by atoms with van der Waals surface area (Å²) in [5.41, 5.74) is 0.586. The van der Waals surface area contributed by atoms with Gasteiger partial charge in [0.2, 0.25) is 0 Å². The molecular weight excluding hydrogens is 348 g/mol. The summed E-state index contributed by atoms with van der Waals surface area (Å²) in [6.45, 7) is -0.476. The van der Waals surface area contributed by atoms with Crippen LogP contribution < -0.4 is 4.90 Å². The molecule has 2 aromatic carbocycles. The molecule has 0 radical (unpaired) electrons. The molecule has 0 N–H and O–H groups in total. The number of carbonyl (C=O) groups excluding carboxylic acids is 2. The Morgan fingerprint density at radius 2 is 1.80 bits per heavy atom. The molecule has 0 aliphatic carbocycles. The van der Waals surface area contributed by atoms with Gasteiger partial charge < -0.3 is 9.64 Å². The fourth-order valence-electron chi connectivity index (χ4n) is 2.12. The van der Waals surface area contributed by atoms with Crippen molar-refractivity contribution in [1.82, 2.24) is 0 Å². The summed E-state index contributed by atoms with van der Waals surface area (Å²) in [5.74, 6) is -1.21. The second-order valence-electron chi connectivity index (χ2n) is 5.36. The van der Waals surface area contributed by atoms with Crippen LogP contribution in [0.4, 0.5) is 11.4 Å².